The number of unbranched alkanes of at least 4 members (excludes halogenated alkanes) is 19. The second-order valence-corrected chi connectivity index (χ2v) is 11.2. The van der Waals surface area contributed by atoms with Gasteiger partial charge >= 0.3 is 0 Å². The van der Waals surface area contributed by atoms with Crippen molar-refractivity contribution in [3.05, 3.63) is 12.7 Å². The summed E-state index contributed by atoms with van der Waals surface area (Å²) >= 11 is 0. The first-order valence-corrected chi connectivity index (χ1v) is 15.7. The second kappa shape index (κ2) is 34.9. The Balaban J connectivity index is -0.000000834. The minimum Gasteiger partial charge on any atom is -1.00 e. The van der Waals surface area contributed by atoms with E-state index in [4.69, 9.17) is 10.5 Å². The number of rotatable bonds is 27. The van der Waals surface area contributed by atoms with Gasteiger partial charge in [0, 0.05) is 19.6 Å². The molecule has 0 amide bonds. The first kappa shape index (κ1) is 40.4. The molecule has 0 unspecified atom stereocenters. The summed E-state index contributed by atoms with van der Waals surface area (Å²) in [5, 5.41) is 0. The zero-order chi connectivity index (χ0) is 26.3. The fourth-order valence-corrected chi connectivity index (χ4v) is 4.56. The van der Waals surface area contributed by atoms with E-state index in [1.165, 1.54) is 128 Å². The summed E-state index contributed by atoms with van der Waals surface area (Å²) in [4.78, 5) is 0. The van der Waals surface area contributed by atoms with Crippen molar-refractivity contribution in [2.45, 2.75) is 149 Å². The molecule has 0 radical (unpaired) electrons. The van der Waals surface area contributed by atoms with Gasteiger partial charge in [0.05, 0.1) is 27.2 Å². The lowest BCUT2D eigenvalue weighted by atomic mass is 10.0. The van der Waals surface area contributed by atoms with Gasteiger partial charge in [-0.05, 0) is 26.0 Å². The van der Waals surface area contributed by atoms with Crippen molar-refractivity contribution in [2.24, 2.45) is 5.73 Å². The van der Waals surface area contributed by atoms with Crippen LogP contribution < -0.4 is 18.1 Å². The number of hydrogen-bond donors (Lipinski definition) is 1. The number of nitrogens with zero attached hydrogens (tertiary/aromatic N) is 1. The number of nitrogens with two attached hydrogens (primary N) is 1. The minimum atomic E-state index is 0. The van der Waals surface area contributed by atoms with Crippen LogP contribution in [-0.4, -0.2) is 51.4 Å². The monoisotopic (exact) mass is 533 g/mol. The number of likely N-dealkylation sites (N-methyl/N-ethyl adjacent to an activating group) is 1. The molecule has 0 rings (SSSR count). The second-order valence-electron chi connectivity index (χ2n) is 11.2. The van der Waals surface area contributed by atoms with Gasteiger partial charge in [-0.3, -0.25) is 0 Å². The largest absolute Gasteiger partial charge is 1.00 e. The van der Waals surface area contributed by atoms with E-state index in [9.17, 15) is 0 Å². The van der Waals surface area contributed by atoms with Gasteiger partial charge in [-0.15, -0.1) is 0 Å². The topological polar surface area (TPSA) is 35.2 Å². The number of halogens is 1. The van der Waals surface area contributed by atoms with Crippen molar-refractivity contribution in [3.63, 3.8) is 0 Å². The molecular formula is C32H69ClN2O. The molecule has 36 heavy (non-hydrogen) atoms. The lowest BCUT2D eigenvalue weighted by Crippen LogP contribution is -3.00. The zero-order valence-electron chi connectivity index (χ0n) is 25.5. The maximum absolute atomic E-state index is 5.40. The molecule has 0 saturated carbocycles. The molecule has 0 aromatic heterocycles. The van der Waals surface area contributed by atoms with Gasteiger partial charge in [0.15, 0.2) is 0 Å². The van der Waals surface area contributed by atoms with Crippen LogP contribution in [0.3, 0.4) is 0 Å². The number of ether oxygens (including phenoxy) is 1. The fraction of sp³-hybridized carbons (Fsp3) is 0.938. The van der Waals surface area contributed by atoms with Gasteiger partial charge in [-0.2, -0.15) is 0 Å². The van der Waals surface area contributed by atoms with Crippen LogP contribution in [0.15, 0.2) is 12.7 Å². The third-order valence-electron chi connectivity index (χ3n) is 6.94. The molecule has 0 spiro atoms. The van der Waals surface area contributed by atoms with Crippen LogP contribution in [0, 0.1) is 0 Å². The van der Waals surface area contributed by atoms with E-state index in [-0.39, 0.29) is 12.4 Å². The van der Waals surface area contributed by atoms with Crippen LogP contribution >= 0.6 is 0 Å². The lowest BCUT2D eigenvalue weighted by Gasteiger charge is -2.27. The molecule has 220 valence electrons. The van der Waals surface area contributed by atoms with E-state index in [1.807, 2.05) is 6.08 Å². The van der Waals surface area contributed by atoms with E-state index >= 15 is 0 Å². The van der Waals surface area contributed by atoms with Crippen LogP contribution in [0.4, 0.5) is 0 Å². The standard InChI is InChI=1S/C24H50O.C8H19N2.ClH/c1-3-5-6-7-8-9-10-11-12-13-14-15-16-17-18-19-20-21-22-23-24-25-4-2;1-4-7-10(2,3)8-5-6-9;/h3-24H2,1-2H3;4H,1,5-9H2,2-3H3;1H/q;+1;/p-1. The Morgan fingerprint density at radius 3 is 1.28 bits per heavy atom. The maximum atomic E-state index is 5.40. The highest BCUT2D eigenvalue weighted by molar-refractivity contribution is 4.64. The Morgan fingerprint density at radius 2 is 0.972 bits per heavy atom. The molecule has 0 atom stereocenters. The minimum absolute atomic E-state index is 0. The molecule has 0 aliphatic rings. The average Bonchev–Trinajstić information content (AvgIpc) is 2.84. The first-order valence-electron chi connectivity index (χ1n) is 15.7. The summed E-state index contributed by atoms with van der Waals surface area (Å²) in [5.41, 5.74) is 5.40. The van der Waals surface area contributed by atoms with E-state index < -0.39 is 0 Å². The smallest absolute Gasteiger partial charge is 0.0966 e. The van der Waals surface area contributed by atoms with Crippen LogP contribution in [0.2, 0.25) is 0 Å². The first-order chi connectivity index (χ1) is 17.0. The Kier molecular flexibility index (Phi) is 39.2. The van der Waals surface area contributed by atoms with Crippen molar-refractivity contribution in [1.29, 1.82) is 0 Å². The quantitative estimate of drug-likeness (QED) is 0.0749. The van der Waals surface area contributed by atoms with Crippen molar-refractivity contribution in [1.82, 2.24) is 0 Å². The predicted molar refractivity (Wildman–Crippen MR) is 160 cm³/mol. The average molecular weight is 533 g/mol. The van der Waals surface area contributed by atoms with Gasteiger partial charge in [-0.1, -0.05) is 135 Å². The summed E-state index contributed by atoms with van der Waals surface area (Å²) in [5.74, 6) is 0. The van der Waals surface area contributed by atoms with Crippen molar-refractivity contribution >= 4 is 0 Å². The molecule has 2 N–H and O–H groups in total. The molecule has 0 aliphatic carbocycles. The molecule has 0 fully saturated rings. The number of hydrogen-bond acceptors (Lipinski definition) is 2. The van der Waals surface area contributed by atoms with E-state index in [0.717, 1.165) is 43.8 Å². The third-order valence-corrected chi connectivity index (χ3v) is 6.94. The summed E-state index contributed by atoms with van der Waals surface area (Å²) in [7, 11) is 4.38. The lowest BCUT2D eigenvalue weighted by molar-refractivity contribution is -0.884. The normalized spacial score (nSPS) is 11.0. The van der Waals surface area contributed by atoms with Gasteiger partial charge in [-0.25, -0.2) is 0 Å². The highest BCUT2D eigenvalue weighted by Gasteiger charge is 2.10. The van der Waals surface area contributed by atoms with Gasteiger partial charge in [0.1, 0.15) is 0 Å². The molecule has 0 saturated heterocycles. The van der Waals surface area contributed by atoms with Crippen LogP contribution in [0.5, 0.6) is 0 Å². The van der Waals surface area contributed by atoms with Crippen molar-refractivity contribution in [2.75, 3.05) is 46.9 Å². The summed E-state index contributed by atoms with van der Waals surface area (Å²) in [6, 6.07) is 0. The summed E-state index contributed by atoms with van der Waals surface area (Å²) in [6.45, 7) is 12.9. The highest BCUT2D eigenvalue weighted by atomic mass is 35.5. The fourth-order valence-electron chi connectivity index (χ4n) is 4.56. The molecule has 0 aromatic rings. The van der Waals surface area contributed by atoms with Crippen molar-refractivity contribution in [3.8, 4) is 0 Å². The van der Waals surface area contributed by atoms with Crippen LogP contribution in [0.1, 0.15) is 149 Å². The van der Waals surface area contributed by atoms with E-state index in [0.29, 0.717) is 0 Å². The molecular weight excluding hydrogens is 464 g/mol. The summed E-state index contributed by atoms with van der Waals surface area (Å²) in [6.07, 6.45) is 32.0. The summed E-state index contributed by atoms with van der Waals surface area (Å²) < 4.78 is 6.37. The number of quaternary nitrogens is 1. The van der Waals surface area contributed by atoms with E-state index in [1.54, 1.807) is 0 Å². The Hall–Kier alpha value is -0.0900. The molecule has 4 heteroatoms. The molecule has 0 aliphatic heterocycles. The van der Waals surface area contributed by atoms with Gasteiger partial charge in [0.2, 0.25) is 0 Å². The van der Waals surface area contributed by atoms with Crippen molar-refractivity contribution < 1.29 is 21.6 Å². The SMILES string of the molecule is C=CC[N+](C)(C)CCCN.CCCCCCCCCCCCCCCCCCCCCCOCC.[Cl-]. The Bertz CT molecular complexity index is 368. The van der Waals surface area contributed by atoms with Crippen LogP contribution in [0.25, 0.3) is 0 Å². The molecule has 0 bridgehead atoms. The molecule has 0 aromatic carbocycles. The predicted octanol–water partition coefficient (Wildman–Crippen LogP) is 6.45. The molecule has 0 heterocycles. The van der Waals surface area contributed by atoms with Gasteiger partial charge in [0.25, 0.3) is 0 Å². The Labute approximate surface area is 235 Å². The third kappa shape index (κ3) is 38.4. The van der Waals surface area contributed by atoms with Gasteiger partial charge < -0.3 is 27.4 Å². The highest BCUT2D eigenvalue weighted by Crippen LogP contribution is 2.14. The maximum Gasteiger partial charge on any atom is 0.0966 e. The zero-order valence-corrected chi connectivity index (χ0v) is 26.2. The Morgan fingerprint density at radius 1 is 0.611 bits per heavy atom. The molecule has 3 nitrogen and oxygen atoms in total. The van der Waals surface area contributed by atoms with Crippen LogP contribution in [-0.2, 0) is 4.74 Å². The van der Waals surface area contributed by atoms with E-state index in [2.05, 4.69) is 34.5 Å².